The van der Waals surface area contributed by atoms with Gasteiger partial charge in [-0.25, -0.2) is 13.8 Å². The summed E-state index contributed by atoms with van der Waals surface area (Å²) in [5, 5.41) is 8.11. The van der Waals surface area contributed by atoms with Gasteiger partial charge in [-0.2, -0.15) is 0 Å². The zero-order valence-electron chi connectivity index (χ0n) is 19.0. The highest BCUT2D eigenvalue weighted by Crippen LogP contribution is 2.27. The van der Waals surface area contributed by atoms with Crippen molar-refractivity contribution in [3.8, 4) is 0 Å². The zero-order chi connectivity index (χ0) is 23.4. The molecular formula is C24H31F2N5O2. The van der Waals surface area contributed by atoms with Crippen molar-refractivity contribution in [1.82, 2.24) is 19.4 Å². The smallest absolute Gasteiger partial charge is 0.295 e. The minimum atomic E-state index is -2.73. The number of aromatic nitrogens is 2. The molecule has 178 valence electrons. The number of nitrogens with zero attached hydrogens (tertiary/aromatic N) is 4. The van der Waals surface area contributed by atoms with E-state index >= 15 is 0 Å². The molecule has 2 saturated heterocycles. The molecule has 2 fully saturated rings. The molecule has 4 rings (SSSR count). The van der Waals surface area contributed by atoms with Crippen molar-refractivity contribution in [2.24, 2.45) is 5.92 Å². The Balaban J connectivity index is 1.25. The highest BCUT2D eigenvalue weighted by molar-refractivity contribution is 5.91. The van der Waals surface area contributed by atoms with Crippen LogP contribution in [0.4, 0.5) is 8.78 Å². The molecule has 0 unspecified atom stereocenters. The van der Waals surface area contributed by atoms with Gasteiger partial charge in [-0.05, 0) is 45.0 Å². The number of allylic oxidation sites excluding steroid dienone is 1. The number of piperidine rings is 1. The summed E-state index contributed by atoms with van der Waals surface area (Å²) in [5.74, 6) is -0.0892. The maximum absolute atomic E-state index is 13.5. The van der Waals surface area contributed by atoms with E-state index in [0.717, 1.165) is 19.6 Å². The largest absolute Gasteiger partial charge is 0.478 e. The van der Waals surface area contributed by atoms with Gasteiger partial charge in [0.2, 0.25) is 11.8 Å². The normalized spacial score (nSPS) is 18.1. The molecule has 0 saturated carbocycles. The van der Waals surface area contributed by atoms with Gasteiger partial charge in [-0.15, -0.1) is 0 Å². The fourth-order valence-electron chi connectivity index (χ4n) is 4.54. The van der Waals surface area contributed by atoms with Gasteiger partial charge in [0, 0.05) is 43.7 Å². The van der Waals surface area contributed by atoms with Crippen molar-refractivity contribution in [2.45, 2.75) is 39.0 Å². The van der Waals surface area contributed by atoms with Gasteiger partial charge in [0.25, 0.3) is 6.43 Å². The van der Waals surface area contributed by atoms with Crippen LogP contribution in [-0.4, -0.2) is 70.5 Å². The molecule has 0 spiro atoms. The molecule has 3 heterocycles. The molecule has 1 N–H and O–H groups in total. The molecule has 2 aromatic rings. The Kier molecular flexibility index (Phi) is 7.37. The number of alkyl halides is 2. The number of hydrogen-bond donors (Lipinski definition) is 1. The number of fused-ring (bicyclic) bond motifs is 1. The number of benzene rings is 1. The summed E-state index contributed by atoms with van der Waals surface area (Å²) < 4.78 is 33.9. The molecule has 2 aliphatic rings. The van der Waals surface area contributed by atoms with E-state index in [1.54, 1.807) is 31.2 Å². The highest BCUT2D eigenvalue weighted by atomic mass is 19.3. The number of amides is 1. The average Bonchev–Trinajstić information content (AvgIpc) is 3.17. The molecule has 1 aromatic heterocycles. The topological polar surface area (TPSA) is 74.5 Å². The van der Waals surface area contributed by atoms with Crippen LogP contribution >= 0.6 is 0 Å². The summed E-state index contributed by atoms with van der Waals surface area (Å²) in [6.45, 7) is 6.26. The molecule has 1 amide bonds. The number of carbonyl (C=O) groups excluding carboxylic acids is 1. The SMILES string of the molecule is C/C(=C\C(=N)OCC1CN(C(=O)CCN2CCCCC2)C1)n1c(C(F)F)nc2ccccc21. The van der Waals surface area contributed by atoms with Gasteiger partial charge in [0.05, 0.1) is 17.6 Å². The summed E-state index contributed by atoms with van der Waals surface area (Å²) in [7, 11) is 0. The second kappa shape index (κ2) is 10.4. The number of halogens is 2. The van der Waals surface area contributed by atoms with Crippen LogP contribution in [0, 0.1) is 11.3 Å². The number of hydrogen-bond acceptors (Lipinski definition) is 5. The van der Waals surface area contributed by atoms with Gasteiger partial charge in [-0.1, -0.05) is 18.6 Å². The summed E-state index contributed by atoms with van der Waals surface area (Å²) in [5.41, 5.74) is 1.48. The number of para-hydroxylation sites is 2. The van der Waals surface area contributed by atoms with Crippen molar-refractivity contribution in [2.75, 3.05) is 39.3 Å². The summed E-state index contributed by atoms with van der Waals surface area (Å²) in [6.07, 6.45) is 2.98. The lowest BCUT2D eigenvalue weighted by atomic mass is 10.0. The van der Waals surface area contributed by atoms with Gasteiger partial charge < -0.3 is 14.5 Å². The Bertz CT molecular complexity index is 1020. The van der Waals surface area contributed by atoms with E-state index in [2.05, 4.69) is 9.88 Å². The molecule has 0 radical (unpaired) electrons. The van der Waals surface area contributed by atoms with E-state index < -0.39 is 6.43 Å². The minimum absolute atomic E-state index is 0.0969. The predicted molar refractivity (Wildman–Crippen MR) is 123 cm³/mol. The van der Waals surface area contributed by atoms with E-state index in [0.29, 0.717) is 42.8 Å². The van der Waals surface area contributed by atoms with Crippen molar-refractivity contribution in [3.05, 3.63) is 36.2 Å². The molecule has 2 aliphatic heterocycles. The summed E-state index contributed by atoms with van der Waals surface area (Å²) in [6, 6.07) is 6.92. The van der Waals surface area contributed by atoms with E-state index in [-0.39, 0.29) is 23.5 Å². The molecule has 0 bridgehead atoms. The van der Waals surface area contributed by atoms with E-state index in [1.165, 1.54) is 29.9 Å². The average molecular weight is 460 g/mol. The predicted octanol–water partition coefficient (Wildman–Crippen LogP) is 4.16. The van der Waals surface area contributed by atoms with Crippen LogP contribution in [0.3, 0.4) is 0 Å². The molecular weight excluding hydrogens is 428 g/mol. The first-order valence-electron chi connectivity index (χ1n) is 11.6. The molecule has 1 aromatic carbocycles. The number of ether oxygens (including phenoxy) is 1. The third kappa shape index (κ3) is 5.58. The van der Waals surface area contributed by atoms with Crippen molar-refractivity contribution >= 4 is 28.5 Å². The molecule has 7 nitrogen and oxygen atoms in total. The molecule has 0 atom stereocenters. The molecule has 9 heteroatoms. The Labute approximate surface area is 192 Å². The third-order valence-corrected chi connectivity index (χ3v) is 6.35. The monoisotopic (exact) mass is 459 g/mol. The number of imidazole rings is 1. The van der Waals surface area contributed by atoms with Crippen molar-refractivity contribution in [1.29, 1.82) is 5.41 Å². The first kappa shape index (κ1) is 23.4. The second-order valence-electron chi connectivity index (χ2n) is 8.87. The zero-order valence-corrected chi connectivity index (χ0v) is 19.0. The third-order valence-electron chi connectivity index (χ3n) is 6.35. The van der Waals surface area contributed by atoms with Crippen molar-refractivity contribution < 1.29 is 18.3 Å². The van der Waals surface area contributed by atoms with Gasteiger partial charge in [0.1, 0.15) is 0 Å². The first-order chi connectivity index (χ1) is 15.9. The summed E-state index contributed by atoms with van der Waals surface area (Å²) >= 11 is 0. The van der Waals surface area contributed by atoms with Crippen molar-refractivity contribution in [3.63, 3.8) is 0 Å². The second-order valence-corrected chi connectivity index (χ2v) is 8.87. The number of nitrogens with one attached hydrogen (secondary N) is 1. The van der Waals surface area contributed by atoms with E-state index in [4.69, 9.17) is 10.1 Å². The molecule has 33 heavy (non-hydrogen) atoms. The first-order valence-corrected chi connectivity index (χ1v) is 11.6. The van der Waals surface area contributed by atoms with Crippen LogP contribution < -0.4 is 0 Å². The highest BCUT2D eigenvalue weighted by Gasteiger charge is 2.31. The number of likely N-dealkylation sites (tertiary alicyclic amines) is 2. The molecule has 0 aliphatic carbocycles. The minimum Gasteiger partial charge on any atom is -0.478 e. The van der Waals surface area contributed by atoms with Gasteiger partial charge in [-0.3, -0.25) is 14.8 Å². The fourth-order valence-corrected chi connectivity index (χ4v) is 4.54. The maximum Gasteiger partial charge on any atom is 0.295 e. The van der Waals surface area contributed by atoms with E-state index in [1.807, 2.05) is 4.90 Å². The standard InChI is InChI=1S/C24H31F2N5O2/c1-17(31-20-8-4-3-7-19(20)28-24(31)23(25)26)13-21(27)33-16-18-14-30(15-18)22(32)9-12-29-10-5-2-6-11-29/h3-4,7-8,13,18,23,27H,2,5-6,9-12,14-16H2,1H3/b17-13+,27-21?. The number of rotatable bonds is 8. The number of carbonyl (C=O) groups is 1. The van der Waals surface area contributed by atoms with Crippen LogP contribution in [-0.2, 0) is 9.53 Å². The van der Waals surface area contributed by atoms with Gasteiger partial charge >= 0.3 is 0 Å². The fraction of sp³-hybridized carbons (Fsp3) is 0.542. The summed E-state index contributed by atoms with van der Waals surface area (Å²) in [4.78, 5) is 20.6. The van der Waals surface area contributed by atoms with Crippen LogP contribution in [0.1, 0.15) is 44.9 Å². The lowest BCUT2D eigenvalue weighted by Crippen LogP contribution is -2.52. The lowest BCUT2D eigenvalue weighted by Gasteiger charge is -2.39. The van der Waals surface area contributed by atoms with E-state index in [9.17, 15) is 13.6 Å². The van der Waals surface area contributed by atoms with Crippen LogP contribution in [0.5, 0.6) is 0 Å². The van der Waals surface area contributed by atoms with Crippen LogP contribution in [0.25, 0.3) is 16.7 Å². The lowest BCUT2D eigenvalue weighted by molar-refractivity contribution is -0.138. The Hall–Kier alpha value is -2.81. The van der Waals surface area contributed by atoms with Crippen LogP contribution in [0.15, 0.2) is 30.3 Å². The Morgan fingerprint density at radius 1 is 1.24 bits per heavy atom. The quantitative estimate of drug-likeness (QED) is 0.475. The van der Waals surface area contributed by atoms with Crippen LogP contribution in [0.2, 0.25) is 0 Å². The Morgan fingerprint density at radius 2 is 1.97 bits per heavy atom. The van der Waals surface area contributed by atoms with Gasteiger partial charge in [0.15, 0.2) is 5.82 Å². The maximum atomic E-state index is 13.5. The Morgan fingerprint density at radius 3 is 2.70 bits per heavy atom.